The van der Waals surface area contributed by atoms with Crippen molar-refractivity contribution >= 4 is 39.3 Å². The minimum atomic E-state index is 0.585. The molecule has 0 aliphatic rings. The van der Waals surface area contributed by atoms with E-state index >= 15 is 0 Å². The minimum absolute atomic E-state index is 0.585. The monoisotopic (exact) mass is 313 g/mol. The van der Waals surface area contributed by atoms with Crippen LogP contribution in [0.2, 0.25) is 5.15 Å². The van der Waals surface area contributed by atoms with Crippen molar-refractivity contribution in [1.29, 1.82) is 0 Å². The molecule has 0 N–H and O–H groups in total. The second-order valence-electron chi connectivity index (χ2n) is 3.17. The molecular weight excluding hydrogens is 306 g/mol. The Morgan fingerprint density at radius 2 is 2.00 bits per heavy atom. The maximum Gasteiger partial charge on any atom is 0.133 e. The number of hydrogen-bond acceptors (Lipinski definition) is 2. The van der Waals surface area contributed by atoms with Gasteiger partial charge in [-0.05, 0) is 39.7 Å². The van der Waals surface area contributed by atoms with Crippen LogP contribution in [0.3, 0.4) is 0 Å². The van der Waals surface area contributed by atoms with Crippen molar-refractivity contribution in [3.63, 3.8) is 0 Å². The summed E-state index contributed by atoms with van der Waals surface area (Å²) >= 11 is 11.3. The zero-order valence-electron chi connectivity index (χ0n) is 8.36. The van der Waals surface area contributed by atoms with Gasteiger partial charge in [0.05, 0.1) is 0 Å². The van der Waals surface area contributed by atoms with Crippen molar-refractivity contribution in [2.45, 2.75) is 10.6 Å². The lowest BCUT2D eigenvalue weighted by Crippen LogP contribution is -1.85. The Bertz CT molecular complexity index is 444. The van der Waals surface area contributed by atoms with E-state index in [0.29, 0.717) is 5.15 Å². The molecule has 1 aromatic carbocycles. The van der Waals surface area contributed by atoms with Gasteiger partial charge in [-0.2, -0.15) is 0 Å². The molecular formula is C12H9BrClNS. The Balaban J connectivity index is 2.09. The summed E-state index contributed by atoms with van der Waals surface area (Å²) in [6, 6.07) is 12.1. The van der Waals surface area contributed by atoms with Crippen LogP contribution in [-0.4, -0.2) is 4.98 Å². The van der Waals surface area contributed by atoms with Crippen LogP contribution in [0.4, 0.5) is 0 Å². The Hall–Kier alpha value is -0.510. The Morgan fingerprint density at radius 1 is 1.19 bits per heavy atom. The highest BCUT2D eigenvalue weighted by molar-refractivity contribution is 9.10. The molecule has 82 valence electrons. The molecule has 4 heteroatoms. The molecule has 1 aromatic heterocycles. The summed E-state index contributed by atoms with van der Waals surface area (Å²) in [5, 5.41) is 0.585. The molecule has 0 aliphatic heterocycles. The van der Waals surface area contributed by atoms with Gasteiger partial charge in [0.2, 0.25) is 0 Å². The van der Waals surface area contributed by atoms with Gasteiger partial charge in [-0.3, -0.25) is 0 Å². The standard InChI is InChI=1S/C12H9BrClNS/c13-10-5-1-2-6-11(10)16-8-9-4-3-7-15-12(9)14/h1-7H,8H2. The summed E-state index contributed by atoms with van der Waals surface area (Å²) in [5.41, 5.74) is 1.06. The molecule has 0 unspecified atom stereocenters. The Morgan fingerprint density at radius 3 is 2.75 bits per heavy atom. The average molecular weight is 315 g/mol. The van der Waals surface area contributed by atoms with Gasteiger partial charge in [-0.15, -0.1) is 11.8 Å². The van der Waals surface area contributed by atoms with Crippen molar-refractivity contribution in [1.82, 2.24) is 4.98 Å². The smallest absolute Gasteiger partial charge is 0.133 e. The molecule has 16 heavy (non-hydrogen) atoms. The summed E-state index contributed by atoms with van der Waals surface area (Å²) in [4.78, 5) is 5.26. The number of thioether (sulfide) groups is 1. The summed E-state index contributed by atoms with van der Waals surface area (Å²) in [6.45, 7) is 0. The maximum absolute atomic E-state index is 5.99. The van der Waals surface area contributed by atoms with E-state index in [2.05, 4.69) is 27.0 Å². The molecule has 0 atom stereocenters. The number of pyridine rings is 1. The third kappa shape index (κ3) is 3.00. The van der Waals surface area contributed by atoms with Crippen LogP contribution in [0.15, 0.2) is 52.0 Å². The molecule has 0 saturated heterocycles. The fourth-order valence-electron chi connectivity index (χ4n) is 1.24. The van der Waals surface area contributed by atoms with Gasteiger partial charge in [0, 0.05) is 21.3 Å². The molecule has 2 rings (SSSR count). The Labute approximate surface area is 112 Å². The first-order valence-corrected chi connectivity index (χ1v) is 6.90. The lowest BCUT2D eigenvalue weighted by atomic mass is 10.3. The molecule has 0 aliphatic carbocycles. The van der Waals surface area contributed by atoms with Crippen LogP contribution in [0.1, 0.15) is 5.56 Å². The maximum atomic E-state index is 5.99. The number of nitrogens with zero attached hydrogens (tertiary/aromatic N) is 1. The highest BCUT2D eigenvalue weighted by Crippen LogP contribution is 2.30. The van der Waals surface area contributed by atoms with Gasteiger partial charge in [0.1, 0.15) is 5.15 Å². The van der Waals surface area contributed by atoms with Gasteiger partial charge < -0.3 is 0 Å². The summed E-state index contributed by atoms with van der Waals surface area (Å²) in [7, 11) is 0. The fraction of sp³-hybridized carbons (Fsp3) is 0.0833. The van der Waals surface area contributed by atoms with Gasteiger partial charge in [-0.1, -0.05) is 29.8 Å². The molecule has 0 bridgehead atoms. The van der Waals surface area contributed by atoms with Crippen molar-refractivity contribution in [3.05, 3.63) is 57.8 Å². The first kappa shape index (κ1) is 12.0. The van der Waals surface area contributed by atoms with Gasteiger partial charge in [0.25, 0.3) is 0 Å². The van der Waals surface area contributed by atoms with Gasteiger partial charge in [-0.25, -0.2) is 4.98 Å². The first-order chi connectivity index (χ1) is 7.77. The summed E-state index contributed by atoms with van der Waals surface area (Å²) in [6.07, 6.45) is 1.70. The molecule has 0 amide bonds. The topological polar surface area (TPSA) is 12.9 Å². The quantitative estimate of drug-likeness (QED) is 0.597. The third-order valence-corrected chi connectivity index (χ3v) is 4.47. The van der Waals surface area contributed by atoms with Crippen LogP contribution in [0.5, 0.6) is 0 Å². The zero-order valence-corrected chi connectivity index (χ0v) is 11.5. The van der Waals surface area contributed by atoms with Crippen LogP contribution >= 0.6 is 39.3 Å². The molecule has 1 heterocycles. The number of halogens is 2. The third-order valence-electron chi connectivity index (χ3n) is 2.06. The fourth-order valence-corrected chi connectivity index (χ4v) is 3.06. The second-order valence-corrected chi connectivity index (χ2v) is 5.40. The number of benzene rings is 1. The predicted molar refractivity (Wildman–Crippen MR) is 73.0 cm³/mol. The normalized spacial score (nSPS) is 10.4. The van der Waals surface area contributed by atoms with Crippen LogP contribution < -0.4 is 0 Å². The van der Waals surface area contributed by atoms with Crippen molar-refractivity contribution < 1.29 is 0 Å². The number of aromatic nitrogens is 1. The highest BCUT2D eigenvalue weighted by atomic mass is 79.9. The van der Waals surface area contributed by atoms with E-state index in [1.54, 1.807) is 18.0 Å². The van der Waals surface area contributed by atoms with E-state index in [1.165, 1.54) is 4.90 Å². The van der Waals surface area contributed by atoms with E-state index in [9.17, 15) is 0 Å². The van der Waals surface area contributed by atoms with E-state index in [0.717, 1.165) is 15.8 Å². The molecule has 0 saturated carbocycles. The molecule has 0 radical (unpaired) electrons. The van der Waals surface area contributed by atoms with E-state index < -0.39 is 0 Å². The van der Waals surface area contributed by atoms with Crippen molar-refractivity contribution in [3.8, 4) is 0 Å². The second kappa shape index (κ2) is 5.71. The lowest BCUT2D eigenvalue weighted by Gasteiger charge is -2.04. The van der Waals surface area contributed by atoms with Crippen LogP contribution in [0.25, 0.3) is 0 Å². The van der Waals surface area contributed by atoms with Crippen molar-refractivity contribution in [2.75, 3.05) is 0 Å². The van der Waals surface area contributed by atoms with E-state index in [1.807, 2.05) is 30.3 Å². The van der Waals surface area contributed by atoms with Gasteiger partial charge >= 0.3 is 0 Å². The summed E-state index contributed by atoms with van der Waals surface area (Å²) < 4.78 is 1.11. The number of rotatable bonds is 3. The highest BCUT2D eigenvalue weighted by Gasteiger charge is 2.03. The predicted octanol–water partition coefficient (Wildman–Crippen LogP) is 4.79. The largest absolute Gasteiger partial charge is 0.244 e. The Kier molecular flexibility index (Phi) is 4.27. The zero-order chi connectivity index (χ0) is 11.4. The minimum Gasteiger partial charge on any atom is -0.244 e. The molecule has 0 spiro atoms. The molecule has 2 aromatic rings. The average Bonchev–Trinajstić information content (AvgIpc) is 2.30. The lowest BCUT2D eigenvalue weighted by molar-refractivity contribution is 1.25. The first-order valence-electron chi connectivity index (χ1n) is 4.74. The van der Waals surface area contributed by atoms with Crippen molar-refractivity contribution in [2.24, 2.45) is 0 Å². The van der Waals surface area contributed by atoms with Gasteiger partial charge in [0.15, 0.2) is 0 Å². The van der Waals surface area contributed by atoms with E-state index in [4.69, 9.17) is 11.6 Å². The SMILES string of the molecule is Clc1ncccc1CSc1ccccc1Br. The molecule has 1 nitrogen and oxygen atoms in total. The van der Waals surface area contributed by atoms with Crippen LogP contribution in [0, 0.1) is 0 Å². The summed E-state index contributed by atoms with van der Waals surface area (Å²) in [5.74, 6) is 0.829. The van der Waals surface area contributed by atoms with Crippen LogP contribution in [-0.2, 0) is 5.75 Å². The number of hydrogen-bond donors (Lipinski definition) is 0. The molecule has 0 fully saturated rings. The van der Waals surface area contributed by atoms with E-state index in [-0.39, 0.29) is 0 Å².